The Kier molecular flexibility index (Phi) is 10.3. The number of benzene rings is 2. The maximum atomic E-state index is 13.4. The molecule has 0 N–H and O–H groups in total. The number of ether oxygens (including phenoxy) is 1. The molecule has 0 radical (unpaired) electrons. The third-order valence-corrected chi connectivity index (χ3v) is 6.03. The van der Waals surface area contributed by atoms with Crippen LogP contribution in [0, 0.1) is 0 Å². The zero-order valence-electron chi connectivity index (χ0n) is 18.2. The Bertz CT molecular complexity index is 769. The Hall–Kier alpha value is -1.74. The zero-order valence-corrected chi connectivity index (χ0v) is 19.1. The Labute approximate surface area is 182 Å². The van der Waals surface area contributed by atoms with Gasteiger partial charge in [-0.2, -0.15) is 0 Å². The van der Waals surface area contributed by atoms with Crippen molar-refractivity contribution in [2.24, 2.45) is 0 Å². The van der Waals surface area contributed by atoms with Crippen LogP contribution in [0.2, 0.25) is 0 Å². The molecule has 0 aliphatic rings. The van der Waals surface area contributed by atoms with E-state index in [1.807, 2.05) is 36.4 Å². The zero-order chi connectivity index (χ0) is 21.1. The summed E-state index contributed by atoms with van der Waals surface area (Å²) in [6.45, 7) is 4.47. The minimum absolute atomic E-state index is 0.0531. The Morgan fingerprint density at radius 3 is 2.31 bits per heavy atom. The molecule has 0 fully saturated rings. The Morgan fingerprint density at radius 2 is 1.62 bits per heavy atom. The van der Waals surface area contributed by atoms with Crippen molar-refractivity contribution in [1.29, 1.82) is 0 Å². The minimum Gasteiger partial charge on any atom is -0.497 e. The highest BCUT2D eigenvalue weighted by Gasteiger charge is 2.21. The van der Waals surface area contributed by atoms with Crippen LogP contribution in [0.4, 0.5) is 0 Å². The fourth-order valence-electron chi connectivity index (χ4n) is 4.00. The summed E-state index contributed by atoms with van der Waals surface area (Å²) in [6, 6.07) is 13.4. The van der Waals surface area contributed by atoms with E-state index in [9.17, 15) is 4.79 Å². The minimum atomic E-state index is 0.0531. The molecule has 2 aromatic rings. The van der Waals surface area contributed by atoms with E-state index in [0.717, 1.165) is 41.0 Å². The van der Waals surface area contributed by atoms with Gasteiger partial charge in [0.05, 0.1) is 7.11 Å². The van der Waals surface area contributed by atoms with Gasteiger partial charge in [0.15, 0.2) is 5.78 Å². The van der Waals surface area contributed by atoms with Crippen LogP contribution >= 0.6 is 12.6 Å². The van der Waals surface area contributed by atoms with Gasteiger partial charge in [0.25, 0.3) is 0 Å². The molecule has 0 saturated heterocycles. The number of methoxy groups -OCH3 is 1. The molecule has 2 aromatic carbocycles. The third kappa shape index (κ3) is 6.92. The summed E-state index contributed by atoms with van der Waals surface area (Å²) in [5.41, 5.74) is 2.58. The van der Waals surface area contributed by atoms with E-state index in [-0.39, 0.29) is 5.78 Å². The first-order chi connectivity index (χ1) is 14.1. The fraction of sp³-hybridized carbons (Fsp3) is 0.500. The maximum Gasteiger partial charge on any atom is 0.194 e. The smallest absolute Gasteiger partial charge is 0.194 e. The molecule has 1 atom stereocenters. The second-order valence-electron chi connectivity index (χ2n) is 7.84. The molecule has 0 saturated carbocycles. The summed E-state index contributed by atoms with van der Waals surface area (Å²) in [4.78, 5) is 14.1. The molecule has 0 amide bonds. The van der Waals surface area contributed by atoms with Crippen molar-refractivity contribution in [1.82, 2.24) is 0 Å². The number of carbonyl (C=O) groups is 1. The number of hydrogen-bond acceptors (Lipinski definition) is 3. The van der Waals surface area contributed by atoms with Gasteiger partial charge in [0, 0.05) is 16.0 Å². The SMILES string of the molecule is CCCCCCCCC(CCC)c1cc(OC)ccc1C(=O)c1ccccc1S. The number of unbranched alkanes of at least 4 members (excludes halogenated alkanes) is 5. The quantitative estimate of drug-likeness (QED) is 0.206. The third-order valence-electron chi connectivity index (χ3n) is 5.64. The molecule has 158 valence electrons. The van der Waals surface area contributed by atoms with Gasteiger partial charge in [-0.05, 0) is 54.7 Å². The summed E-state index contributed by atoms with van der Waals surface area (Å²) in [6.07, 6.45) is 11.0. The highest BCUT2D eigenvalue weighted by atomic mass is 32.1. The van der Waals surface area contributed by atoms with Crippen molar-refractivity contribution < 1.29 is 9.53 Å². The molecular weight excluding hydrogens is 376 g/mol. The number of carbonyl (C=O) groups excluding carboxylic acids is 1. The largest absolute Gasteiger partial charge is 0.497 e. The van der Waals surface area contributed by atoms with Crippen molar-refractivity contribution in [3.8, 4) is 5.75 Å². The van der Waals surface area contributed by atoms with E-state index in [4.69, 9.17) is 4.74 Å². The molecule has 2 nitrogen and oxygen atoms in total. The van der Waals surface area contributed by atoms with Gasteiger partial charge in [0.2, 0.25) is 0 Å². The van der Waals surface area contributed by atoms with Crippen LogP contribution in [0.1, 0.15) is 99.0 Å². The lowest BCUT2D eigenvalue weighted by Gasteiger charge is -2.21. The molecule has 0 aliphatic carbocycles. The standard InChI is InChI=1S/C26H36O2S/c1-4-6-7-8-9-10-14-20(13-5-2)24-19-21(28-3)17-18-22(24)26(27)23-15-11-12-16-25(23)29/h11-12,15-20,29H,4-10,13-14H2,1-3H3. The highest BCUT2D eigenvalue weighted by Crippen LogP contribution is 2.34. The number of thiol groups is 1. The van der Waals surface area contributed by atoms with Crippen LogP contribution < -0.4 is 4.74 Å². The average molecular weight is 413 g/mol. The van der Waals surface area contributed by atoms with Crippen molar-refractivity contribution in [3.05, 3.63) is 59.2 Å². The topological polar surface area (TPSA) is 26.3 Å². The Balaban J connectivity index is 2.26. The van der Waals surface area contributed by atoms with E-state index >= 15 is 0 Å². The van der Waals surface area contributed by atoms with Gasteiger partial charge in [-0.25, -0.2) is 0 Å². The van der Waals surface area contributed by atoms with E-state index in [1.165, 1.54) is 38.5 Å². The molecule has 0 aromatic heterocycles. The summed E-state index contributed by atoms with van der Waals surface area (Å²) >= 11 is 4.50. The number of hydrogen-bond donors (Lipinski definition) is 1. The van der Waals surface area contributed by atoms with E-state index < -0.39 is 0 Å². The first-order valence-electron chi connectivity index (χ1n) is 11.1. The van der Waals surface area contributed by atoms with Gasteiger partial charge in [-0.1, -0.05) is 70.9 Å². The molecule has 1 unspecified atom stereocenters. The molecule has 2 rings (SSSR count). The van der Waals surface area contributed by atoms with Gasteiger partial charge in [0.1, 0.15) is 5.75 Å². The molecule has 0 bridgehead atoms. The number of rotatable bonds is 13. The monoisotopic (exact) mass is 412 g/mol. The van der Waals surface area contributed by atoms with E-state index in [0.29, 0.717) is 11.5 Å². The van der Waals surface area contributed by atoms with Gasteiger partial charge < -0.3 is 4.74 Å². The van der Waals surface area contributed by atoms with Crippen molar-refractivity contribution in [2.75, 3.05) is 7.11 Å². The first-order valence-corrected chi connectivity index (χ1v) is 11.6. The van der Waals surface area contributed by atoms with Crippen molar-refractivity contribution in [3.63, 3.8) is 0 Å². The second-order valence-corrected chi connectivity index (χ2v) is 8.32. The van der Waals surface area contributed by atoms with Crippen molar-refractivity contribution >= 4 is 18.4 Å². The highest BCUT2D eigenvalue weighted by molar-refractivity contribution is 7.80. The van der Waals surface area contributed by atoms with E-state index in [2.05, 4.69) is 32.5 Å². The van der Waals surface area contributed by atoms with Gasteiger partial charge in [-0.15, -0.1) is 12.6 Å². The summed E-state index contributed by atoms with van der Waals surface area (Å²) in [5, 5.41) is 0. The van der Waals surface area contributed by atoms with Crippen LogP contribution in [0.3, 0.4) is 0 Å². The lowest BCUT2D eigenvalue weighted by molar-refractivity contribution is 0.103. The second kappa shape index (κ2) is 12.7. The van der Waals surface area contributed by atoms with Crippen LogP contribution in [-0.2, 0) is 0 Å². The summed E-state index contributed by atoms with van der Waals surface area (Å²) < 4.78 is 5.49. The molecule has 0 heterocycles. The lowest BCUT2D eigenvalue weighted by atomic mass is 9.84. The molecule has 0 spiro atoms. The maximum absolute atomic E-state index is 13.4. The van der Waals surface area contributed by atoms with Gasteiger partial charge >= 0.3 is 0 Å². The van der Waals surface area contributed by atoms with Gasteiger partial charge in [-0.3, -0.25) is 4.79 Å². The lowest BCUT2D eigenvalue weighted by Crippen LogP contribution is -2.11. The predicted molar refractivity (Wildman–Crippen MR) is 126 cm³/mol. The molecule has 0 aliphatic heterocycles. The van der Waals surface area contributed by atoms with E-state index in [1.54, 1.807) is 7.11 Å². The predicted octanol–water partition coefficient (Wildman–Crippen LogP) is 7.85. The van der Waals surface area contributed by atoms with Crippen LogP contribution in [0.5, 0.6) is 5.75 Å². The normalized spacial score (nSPS) is 12.0. The fourth-order valence-corrected chi connectivity index (χ4v) is 4.26. The van der Waals surface area contributed by atoms with Crippen molar-refractivity contribution in [2.45, 2.75) is 82.4 Å². The van der Waals surface area contributed by atoms with Crippen LogP contribution in [-0.4, -0.2) is 12.9 Å². The molecule has 3 heteroatoms. The Morgan fingerprint density at radius 1 is 0.897 bits per heavy atom. The summed E-state index contributed by atoms with van der Waals surface area (Å²) in [7, 11) is 1.69. The average Bonchev–Trinajstić information content (AvgIpc) is 2.75. The molecular formula is C26H36O2S. The van der Waals surface area contributed by atoms with Crippen LogP contribution in [0.25, 0.3) is 0 Å². The number of ketones is 1. The molecule has 29 heavy (non-hydrogen) atoms. The summed E-state index contributed by atoms with van der Waals surface area (Å²) in [5.74, 6) is 1.25. The first kappa shape index (κ1) is 23.5. The van der Waals surface area contributed by atoms with Crippen LogP contribution in [0.15, 0.2) is 47.4 Å².